The van der Waals surface area contributed by atoms with Crippen molar-refractivity contribution in [2.45, 2.75) is 57.5 Å². The van der Waals surface area contributed by atoms with E-state index in [0.29, 0.717) is 38.2 Å². The second-order valence-corrected chi connectivity index (χ2v) is 10.1. The largest absolute Gasteiger partial charge is 0.385 e. The summed E-state index contributed by atoms with van der Waals surface area (Å²) < 4.78 is 6.40. The van der Waals surface area contributed by atoms with Crippen LogP contribution in [0.15, 0.2) is 9.59 Å². The van der Waals surface area contributed by atoms with E-state index in [0.717, 1.165) is 0 Å². The predicted octanol–water partition coefficient (Wildman–Crippen LogP) is 0.598. The number of ether oxygens (including phenoxy) is 1. The molecular formula is C20H31N5O5S. The van der Waals surface area contributed by atoms with Gasteiger partial charge in [0.1, 0.15) is 11.9 Å². The molecule has 1 aromatic heterocycles. The van der Waals surface area contributed by atoms with Crippen molar-refractivity contribution in [1.29, 1.82) is 0 Å². The maximum absolute atomic E-state index is 13.7. The summed E-state index contributed by atoms with van der Waals surface area (Å²) in [5.74, 6) is 0.0782. The number of aromatic amines is 1. The fourth-order valence-corrected chi connectivity index (χ4v) is 5.69. The lowest BCUT2D eigenvalue weighted by Crippen LogP contribution is -2.53. The molecule has 3 rings (SSSR count). The molecule has 2 amide bonds. The van der Waals surface area contributed by atoms with Crippen LogP contribution in [0.4, 0.5) is 11.5 Å². The average molecular weight is 454 g/mol. The van der Waals surface area contributed by atoms with Crippen molar-refractivity contribution in [2.75, 3.05) is 36.6 Å². The van der Waals surface area contributed by atoms with Crippen molar-refractivity contribution in [3.8, 4) is 0 Å². The zero-order valence-corrected chi connectivity index (χ0v) is 19.3. The highest BCUT2D eigenvalue weighted by Gasteiger charge is 2.54. The average Bonchev–Trinajstić information content (AvgIpc) is 3.19. The van der Waals surface area contributed by atoms with Gasteiger partial charge in [-0.05, 0) is 25.7 Å². The normalized spacial score (nSPS) is 22.9. The SMILES string of the molecule is COCCCN(C(=O)[C@@H]1CS[C@]2(C)CCC(=O)N12)c1c(N)n(CC(C)C)c(=O)[nH]c1=O. The van der Waals surface area contributed by atoms with Gasteiger partial charge in [0, 0.05) is 39.0 Å². The van der Waals surface area contributed by atoms with Gasteiger partial charge in [-0.1, -0.05) is 13.8 Å². The van der Waals surface area contributed by atoms with Crippen LogP contribution in [0.1, 0.15) is 40.0 Å². The van der Waals surface area contributed by atoms with Gasteiger partial charge in [0.2, 0.25) is 5.91 Å². The Balaban J connectivity index is 2.04. The fourth-order valence-electron chi connectivity index (χ4n) is 4.27. The number of fused-ring (bicyclic) bond motifs is 1. The Morgan fingerprint density at radius 3 is 2.74 bits per heavy atom. The summed E-state index contributed by atoms with van der Waals surface area (Å²) in [6, 6.07) is -0.683. The summed E-state index contributed by atoms with van der Waals surface area (Å²) in [5.41, 5.74) is 4.90. The van der Waals surface area contributed by atoms with Crippen LogP contribution >= 0.6 is 11.8 Å². The minimum absolute atomic E-state index is 0.0469. The van der Waals surface area contributed by atoms with Crippen LogP contribution in [0, 0.1) is 5.92 Å². The van der Waals surface area contributed by atoms with Crippen LogP contribution in [0.2, 0.25) is 0 Å². The van der Waals surface area contributed by atoms with E-state index in [-0.39, 0.29) is 35.8 Å². The molecule has 0 spiro atoms. The second-order valence-electron chi connectivity index (χ2n) is 8.60. The zero-order valence-electron chi connectivity index (χ0n) is 18.5. The molecule has 0 aromatic carbocycles. The van der Waals surface area contributed by atoms with Crippen molar-refractivity contribution in [3.63, 3.8) is 0 Å². The van der Waals surface area contributed by atoms with Gasteiger partial charge in [-0.25, -0.2) is 4.79 Å². The van der Waals surface area contributed by atoms with Gasteiger partial charge in [0.15, 0.2) is 5.69 Å². The summed E-state index contributed by atoms with van der Waals surface area (Å²) in [5, 5.41) is 0. The molecule has 2 atom stereocenters. The van der Waals surface area contributed by atoms with Gasteiger partial charge >= 0.3 is 5.69 Å². The van der Waals surface area contributed by atoms with E-state index < -0.39 is 22.2 Å². The summed E-state index contributed by atoms with van der Waals surface area (Å²) >= 11 is 1.58. The molecule has 3 N–H and O–H groups in total. The van der Waals surface area contributed by atoms with E-state index in [1.165, 1.54) is 9.47 Å². The van der Waals surface area contributed by atoms with Crippen molar-refractivity contribution < 1.29 is 14.3 Å². The van der Waals surface area contributed by atoms with Crippen LogP contribution < -0.4 is 21.9 Å². The van der Waals surface area contributed by atoms with Gasteiger partial charge < -0.3 is 20.3 Å². The van der Waals surface area contributed by atoms with Crippen LogP contribution in [-0.4, -0.2) is 63.2 Å². The maximum Gasteiger partial charge on any atom is 0.330 e. The Kier molecular flexibility index (Phi) is 6.85. The van der Waals surface area contributed by atoms with E-state index in [1.807, 2.05) is 20.8 Å². The number of hydrogen-bond acceptors (Lipinski definition) is 7. The Bertz CT molecular complexity index is 974. The number of methoxy groups -OCH3 is 1. The van der Waals surface area contributed by atoms with E-state index in [4.69, 9.17) is 10.5 Å². The van der Waals surface area contributed by atoms with Crippen molar-refractivity contribution in [3.05, 3.63) is 20.8 Å². The molecule has 0 saturated carbocycles. The molecule has 0 bridgehead atoms. The number of thioether (sulfide) groups is 1. The first-order valence-corrected chi connectivity index (χ1v) is 11.5. The number of hydrogen-bond donors (Lipinski definition) is 2. The molecule has 2 aliphatic rings. The first-order chi connectivity index (χ1) is 14.6. The molecule has 10 nitrogen and oxygen atoms in total. The molecule has 1 aromatic rings. The lowest BCUT2D eigenvalue weighted by molar-refractivity contribution is -0.136. The number of nitrogens with two attached hydrogens (primary N) is 1. The Morgan fingerprint density at radius 1 is 1.39 bits per heavy atom. The molecule has 11 heteroatoms. The summed E-state index contributed by atoms with van der Waals surface area (Å²) in [6.45, 7) is 6.68. The number of carbonyl (C=O) groups excluding carboxylic acids is 2. The Labute approximate surface area is 185 Å². The monoisotopic (exact) mass is 453 g/mol. The predicted molar refractivity (Wildman–Crippen MR) is 120 cm³/mol. The lowest BCUT2D eigenvalue weighted by Gasteiger charge is -2.33. The topological polar surface area (TPSA) is 131 Å². The number of carbonyl (C=O) groups is 2. The third-order valence-electron chi connectivity index (χ3n) is 5.76. The van der Waals surface area contributed by atoms with Crippen molar-refractivity contribution in [2.24, 2.45) is 5.92 Å². The van der Waals surface area contributed by atoms with Gasteiger partial charge in [-0.2, -0.15) is 0 Å². The minimum atomic E-state index is -0.713. The molecule has 31 heavy (non-hydrogen) atoms. The summed E-state index contributed by atoms with van der Waals surface area (Å²) in [4.78, 5) is 56.2. The minimum Gasteiger partial charge on any atom is -0.385 e. The Morgan fingerprint density at radius 2 is 2.10 bits per heavy atom. The van der Waals surface area contributed by atoms with Gasteiger partial charge in [0.25, 0.3) is 11.5 Å². The van der Waals surface area contributed by atoms with Crippen LogP contribution in [0.25, 0.3) is 0 Å². The van der Waals surface area contributed by atoms with E-state index in [2.05, 4.69) is 4.98 Å². The number of nitrogens with zero attached hydrogens (tertiary/aromatic N) is 3. The molecule has 2 fully saturated rings. The highest BCUT2D eigenvalue weighted by Crippen LogP contribution is 2.47. The lowest BCUT2D eigenvalue weighted by atomic mass is 10.1. The fraction of sp³-hybridized carbons (Fsp3) is 0.700. The van der Waals surface area contributed by atoms with E-state index in [9.17, 15) is 19.2 Å². The molecule has 0 radical (unpaired) electrons. The van der Waals surface area contributed by atoms with Gasteiger partial charge in [-0.3, -0.25) is 23.9 Å². The first-order valence-electron chi connectivity index (χ1n) is 10.5. The molecule has 3 heterocycles. The number of aromatic nitrogens is 2. The van der Waals surface area contributed by atoms with E-state index in [1.54, 1.807) is 23.8 Å². The molecule has 172 valence electrons. The Hall–Kier alpha value is -2.27. The van der Waals surface area contributed by atoms with Gasteiger partial charge in [-0.15, -0.1) is 11.8 Å². The van der Waals surface area contributed by atoms with E-state index >= 15 is 0 Å². The number of nitrogen functional groups attached to an aromatic ring is 1. The molecule has 0 unspecified atom stereocenters. The maximum atomic E-state index is 13.7. The third-order valence-corrected chi connectivity index (χ3v) is 7.26. The van der Waals surface area contributed by atoms with Crippen molar-refractivity contribution in [1.82, 2.24) is 14.5 Å². The summed E-state index contributed by atoms with van der Waals surface area (Å²) in [6.07, 6.45) is 1.56. The number of amides is 2. The smallest absolute Gasteiger partial charge is 0.330 e. The van der Waals surface area contributed by atoms with Gasteiger partial charge in [0.05, 0.1) is 4.87 Å². The summed E-state index contributed by atoms with van der Waals surface area (Å²) in [7, 11) is 1.55. The van der Waals surface area contributed by atoms with Crippen LogP contribution in [0.5, 0.6) is 0 Å². The highest BCUT2D eigenvalue weighted by atomic mass is 32.2. The first kappa shape index (κ1) is 23.4. The number of H-pyrrole nitrogens is 1. The zero-order chi connectivity index (χ0) is 22.9. The molecule has 2 saturated heterocycles. The molecular weight excluding hydrogens is 422 g/mol. The highest BCUT2D eigenvalue weighted by molar-refractivity contribution is 8.01. The number of anilines is 2. The number of rotatable bonds is 8. The van der Waals surface area contributed by atoms with Crippen LogP contribution in [-0.2, 0) is 20.9 Å². The second kappa shape index (κ2) is 9.07. The third kappa shape index (κ3) is 4.38. The van der Waals surface area contributed by atoms with Crippen molar-refractivity contribution >= 4 is 35.1 Å². The number of nitrogens with one attached hydrogen (secondary N) is 1. The molecule has 2 aliphatic heterocycles. The quantitative estimate of drug-likeness (QED) is 0.551. The van der Waals surface area contributed by atoms with Crippen LogP contribution in [0.3, 0.4) is 0 Å². The molecule has 0 aliphatic carbocycles. The standard InChI is InChI=1S/C20H31N5O5S/c1-12(2)10-24-16(21)15(17(27)22-19(24)29)23(8-5-9-30-4)18(28)13-11-31-20(3)7-6-14(26)25(13)20/h12-13H,5-11,21H2,1-4H3,(H,22,27,29)/t13-,20+/m0/s1.